The second-order valence-corrected chi connectivity index (χ2v) is 5.23. The summed E-state index contributed by atoms with van der Waals surface area (Å²) in [5.41, 5.74) is 0. The van der Waals surface area contributed by atoms with E-state index < -0.39 is 16.1 Å². The van der Waals surface area contributed by atoms with E-state index in [4.69, 9.17) is 19.3 Å². The molecule has 9 heteroatoms. The van der Waals surface area contributed by atoms with Crippen LogP contribution in [0.5, 0.6) is 0 Å². The molecule has 0 atom stereocenters. The summed E-state index contributed by atoms with van der Waals surface area (Å²) < 4.78 is 26.9. The number of carboxylic acid groups (broad SMARTS) is 1. The molecule has 1 saturated heterocycles. The molecule has 0 unspecified atom stereocenters. The molecule has 0 aromatic heterocycles. The van der Waals surface area contributed by atoms with E-state index in [-0.39, 0.29) is 5.75 Å². The molecule has 1 aliphatic heterocycles. The summed E-state index contributed by atoms with van der Waals surface area (Å²) in [6.45, 7) is 9.42. The smallest absolute Gasteiger partial charge is 0.300 e. The average molecular weight is 300 g/mol. The predicted molar refractivity (Wildman–Crippen MR) is 71.5 cm³/mol. The lowest BCUT2D eigenvalue weighted by atomic mass is 10.4. The van der Waals surface area contributed by atoms with Crippen molar-refractivity contribution in [1.82, 2.24) is 10.4 Å². The standard InChI is InChI=1S/C6H14N2O.C2H6O3S.C2H4O2/c1-2-9-8-5-3-7-4-6-8;1-2-6(3,4)5;1-2(3)4/h7H,2-6H2,1H3;2H2,1H3,(H,3,4,5);1H3,(H,3,4). The van der Waals surface area contributed by atoms with Crippen LogP contribution in [0.25, 0.3) is 0 Å². The van der Waals surface area contributed by atoms with Gasteiger partial charge in [0.2, 0.25) is 0 Å². The topological polar surface area (TPSA) is 116 Å². The van der Waals surface area contributed by atoms with Gasteiger partial charge in [0, 0.05) is 33.1 Å². The number of hydroxylamine groups is 2. The third-order valence-corrected chi connectivity index (χ3v) is 2.48. The summed E-state index contributed by atoms with van der Waals surface area (Å²) in [7, 11) is -3.66. The van der Waals surface area contributed by atoms with Crippen LogP contribution in [0.3, 0.4) is 0 Å². The van der Waals surface area contributed by atoms with E-state index in [1.807, 2.05) is 12.0 Å². The normalized spacial score (nSPS) is 15.6. The number of hydrogen-bond donors (Lipinski definition) is 3. The Morgan fingerprint density at radius 1 is 1.32 bits per heavy atom. The summed E-state index contributed by atoms with van der Waals surface area (Å²) in [6.07, 6.45) is 0. The fraction of sp³-hybridized carbons (Fsp3) is 0.900. The lowest BCUT2D eigenvalue weighted by molar-refractivity contribution is -0.159. The van der Waals surface area contributed by atoms with Crippen molar-refractivity contribution in [3.05, 3.63) is 0 Å². The third kappa shape index (κ3) is 22.9. The van der Waals surface area contributed by atoms with E-state index in [0.29, 0.717) is 0 Å². The first kappa shape index (κ1) is 20.6. The largest absolute Gasteiger partial charge is 0.481 e. The van der Waals surface area contributed by atoms with Gasteiger partial charge < -0.3 is 10.4 Å². The van der Waals surface area contributed by atoms with E-state index in [1.54, 1.807) is 0 Å². The Bertz CT molecular complexity index is 307. The minimum atomic E-state index is -3.66. The molecule has 0 bridgehead atoms. The maximum atomic E-state index is 9.56. The molecule has 1 rings (SSSR count). The first-order valence-corrected chi connectivity index (χ1v) is 7.57. The van der Waals surface area contributed by atoms with Crippen LogP contribution >= 0.6 is 0 Å². The molecular formula is C10H24N2O6S. The molecule has 0 aromatic carbocycles. The van der Waals surface area contributed by atoms with Gasteiger partial charge in [0.1, 0.15) is 0 Å². The van der Waals surface area contributed by atoms with Crippen molar-refractivity contribution < 1.29 is 27.7 Å². The molecule has 1 heterocycles. The molecule has 19 heavy (non-hydrogen) atoms. The molecule has 0 amide bonds. The Morgan fingerprint density at radius 3 is 1.95 bits per heavy atom. The first-order chi connectivity index (χ1) is 8.72. The quantitative estimate of drug-likeness (QED) is 0.615. The van der Waals surface area contributed by atoms with Crippen LogP contribution in [0.2, 0.25) is 0 Å². The van der Waals surface area contributed by atoms with Gasteiger partial charge in [-0.15, -0.1) is 0 Å². The van der Waals surface area contributed by atoms with Gasteiger partial charge in [-0.2, -0.15) is 13.5 Å². The Labute approximate surface area is 114 Å². The van der Waals surface area contributed by atoms with Gasteiger partial charge in [0.25, 0.3) is 16.1 Å². The van der Waals surface area contributed by atoms with E-state index in [0.717, 1.165) is 39.7 Å². The number of nitrogens with zero attached hydrogens (tertiary/aromatic N) is 1. The molecule has 116 valence electrons. The first-order valence-electron chi connectivity index (χ1n) is 5.96. The fourth-order valence-corrected chi connectivity index (χ4v) is 0.956. The molecular weight excluding hydrogens is 276 g/mol. The summed E-state index contributed by atoms with van der Waals surface area (Å²) in [6, 6.07) is 0. The van der Waals surface area contributed by atoms with Crippen LogP contribution in [-0.4, -0.2) is 67.6 Å². The van der Waals surface area contributed by atoms with Crippen LogP contribution in [0.15, 0.2) is 0 Å². The van der Waals surface area contributed by atoms with Crippen molar-refractivity contribution in [3.8, 4) is 0 Å². The van der Waals surface area contributed by atoms with E-state index in [1.165, 1.54) is 6.92 Å². The Balaban J connectivity index is 0. The Kier molecular flexibility index (Phi) is 13.3. The van der Waals surface area contributed by atoms with Gasteiger partial charge in [-0.25, -0.2) is 0 Å². The summed E-state index contributed by atoms with van der Waals surface area (Å²) >= 11 is 0. The molecule has 0 aromatic rings. The summed E-state index contributed by atoms with van der Waals surface area (Å²) in [5.74, 6) is -1.03. The second kappa shape index (κ2) is 12.3. The van der Waals surface area contributed by atoms with E-state index in [9.17, 15) is 8.42 Å². The molecule has 3 N–H and O–H groups in total. The van der Waals surface area contributed by atoms with Gasteiger partial charge in [-0.3, -0.25) is 14.2 Å². The van der Waals surface area contributed by atoms with Gasteiger partial charge in [0.05, 0.1) is 12.4 Å². The average Bonchev–Trinajstić information content (AvgIpc) is 2.30. The molecule has 1 aliphatic rings. The van der Waals surface area contributed by atoms with Gasteiger partial charge >= 0.3 is 0 Å². The van der Waals surface area contributed by atoms with Crippen LogP contribution in [0.4, 0.5) is 0 Å². The van der Waals surface area contributed by atoms with Crippen molar-refractivity contribution in [2.24, 2.45) is 0 Å². The Morgan fingerprint density at radius 2 is 1.68 bits per heavy atom. The van der Waals surface area contributed by atoms with Crippen molar-refractivity contribution in [2.75, 3.05) is 38.5 Å². The van der Waals surface area contributed by atoms with Crippen molar-refractivity contribution in [3.63, 3.8) is 0 Å². The van der Waals surface area contributed by atoms with Crippen molar-refractivity contribution in [2.45, 2.75) is 20.8 Å². The number of carbonyl (C=O) groups is 1. The van der Waals surface area contributed by atoms with Crippen molar-refractivity contribution in [1.29, 1.82) is 0 Å². The lowest BCUT2D eigenvalue weighted by Crippen LogP contribution is -2.43. The minimum Gasteiger partial charge on any atom is -0.481 e. The molecule has 0 radical (unpaired) electrons. The number of aliphatic carboxylic acids is 1. The molecule has 8 nitrogen and oxygen atoms in total. The second-order valence-electron chi connectivity index (χ2n) is 3.49. The van der Waals surface area contributed by atoms with Crippen molar-refractivity contribution >= 4 is 16.1 Å². The highest BCUT2D eigenvalue weighted by molar-refractivity contribution is 7.85. The van der Waals surface area contributed by atoms with Gasteiger partial charge in [-0.1, -0.05) is 0 Å². The minimum absolute atomic E-state index is 0.201. The van der Waals surface area contributed by atoms with E-state index >= 15 is 0 Å². The van der Waals surface area contributed by atoms with Crippen LogP contribution in [0.1, 0.15) is 20.8 Å². The fourth-order valence-electron chi connectivity index (χ4n) is 0.956. The van der Waals surface area contributed by atoms with Gasteiger partial charge in [-0.05, 0) is 13.8 Å². The zero-order valence-corrected chi connectivity index (χ0v) is 12.4. The zero-order chi connectivity index (χ0) is 15.3. The SMILES string of the molecule is CC(=O)O.CCON1CCNCC1.CCS(=O)(=O)O. The molecule has 0 saturated carbocycles. The maximum absolute atomic E-state index is 9.56. The summed E-state index contributed by atoms with van der Waals surface area (Å²) in [5, 5.41) is 12.7. The molecule has 0 aliphatic carbocycles. The number of hydrogen-bond acceptors (Lipinski definition) is 6. The number of piperazine rings is 1. The molecule has 0 spiro atoms. The number of carboxylic acids is 1. The highest BCUT2D eigenvalue weighted by Gasteiger charge is 2.07. The maximum Gasteiger partial charge on any atom is 0.300 e. The third-order valence-electron chi connectivity index (χ3n) is 1.75. The monoisotopic (exact) mass is 300 g/mol. The predicted octanol–water partition coefficient (Wildman–Crippen LogP) is -0.172. The van der Waals surface area contributed by atoms with Crippen LogP contribution < -0.4 is 5.32 Å². The summed E-state index contributed by atoms with van der Waals surface area (Å²) in [4.78, 5) is 14.3. The highest BCUT2D eigenvalue weighted by Crippen LogP contribution is 1.91. The number of nitrogens with one attached hydrogen (secondary N) is 1. The van der Waals surface area contributed by atoms with Crippen LogP contribution in [-0.2, 0) is 19.8 Å². The highest BCUT2D eigenvalue weighted by atomic mass is 32.2. The lowest BCUT2D eigenvalue weighted by Gasteiger charge is -2.25. The van der Waals surface area contributed by atoms with E-state index in [2.05, 4.69) is 5.32 Å². The zero-order valence-electron chi connectivity index (χ0n) is 11.6. The number of rotatable bonds is 3. The molecule has 1 fully saturated rings. The van der Waals surface area contributed by atoms with Gasteiger partial charge in [0.15, 0.2) is 0 Å². The Hall–Kier alpha value is -0.740. The van der Waals surface area contributed by atoms with Crippen LogP contribution in [0, 0.1) is 0 Å².